The van der Waals surface area contributed by atoms with Crippen LogP contribution in [0.1, 0.15) is 19.4 Å². The lowest BCUT2D eigenvalue weighted by molar-refractivity contribution is -0.123. The molecular formula is C25H22F3N5O5S. The van der Waals surface area contributed by atoms with Crippen LogP contribution in [0.2, 0.25) is 0 Å². The number of benzene rings is 2. The third-order valence-corrected chi connectivity index (χ3v) is 7.56. The van der Waals surface area contributed by atoms with Crippen LogP contribution < -0.4 is 15.5 Å². The molecule has 2 N–H and O–H groups in total. The van der Waals surface area contributed by atoms with Gasteiger partial charge in [-0.15, -0.1) is 0 Å². The van der Waals surface area contributed by atoms with Crippen LogP contribution >= 0.6 is 0 Å². The van der Waals surface area contributed by atoms with Gasteiger partial charge in [-0.3, -0.25) is 9.78 Å². The van der Waals surface area contributed by atoms with Crippen LogP contribution in [-0.2, 0) is 21.2 Å². The van der Waals surface area contributed by atoms with E-state index in [0.717, 1.165) is 17.0 Å². The van der Waals surface area contributed by atoms with Crippen LogP contribution in [0.15, 0.2) is 78.0 Å². The smallest absolute Gasteiger partial charge is 0.308 e. The number of carbonyl (C=O) groups excluding carboxylic acids is 3. The van der Waals surface area contributed by atoms with E-state index in [-0.39, 0.29) is 17.9 Å². The molecule has 0 atom stereocenters. The predicted molar refractivity (Wildman–Crippen MR) is 136 cm³/mol. The lowest BCUT2D eigenvalue weighted by atomic mass is 10.0. The predicted octanol–water partition coefficient (Wildman–Crippen LogP) is 4.77. The van der Waals surface area contributed by atoms with Crippen molar-refractivity contribution in [1.29, 1.82) is 0 Å². The number of imide groups is 1. The third-order valence-electron chi connectivity index (χ3n) is 6.05. The Bertz CT molecular complexity index is 1530. The fraction of sp³-hybridized carbons (Fsp3) is 0.200. The quantitative estimate of drug-likeness (QED) is 0.418. The van der Waals surface area contributed by atoms with Crippen LogP contribution in [0.3, 0.4) is 0 Å². The van der Waals surface area contributed by atoms with Gasteiger partial charge in [0, 0.05) is 11.9 Å². The fourth-order valence-electron chi connectivity index (χ4n) is 3.89. The number of alkyl halides is 3. The number of anilines is 3. The molecule has 0 bridgehead atoms. The molecule has 10 nitrogen and oxygen atoms in total. The summed E-state index contributed by atoms with van der Waals surface area (Å²) in [6, 6.07) is 12.2. The fourth-order valence-corrected chi connectivity index (χ4v) is 4.65. The number of carbonyl (C=O) groups is 3. The molecule has 1 saturated heterocycles. The molecule has 1 aromatic heterocycles. The van der Waals surface area contributed by atoms with Crippen molar-refractivity contribution in [3.05, 3.63) is 78.6 Å². The average Bonchev–Trinajstić information content (AvgIpc) is 3.04. The summed E-state index contributed by atoms with van der Waals surface area (Å²) in [5.74, 6) is -0.677. The Labute approximate surface area is 221 Å². The minimum absolute atomic E-state index is 0.1000. The van der Waals surface area contributed by atoms with E-state index in [1.165, 1.54) is 31.1 Å². The Hall–Kier alpha value is -4.46. The van der Waals surface area contributed by atoms with Gasteiger partial charge in [0.1, 0.15) is 5.54 Å². The second kappa shape index (κ2) is 10.0. The minimum Gasteiger partial charge on any atom is -0.308 e. The van der Waals surface area contributed by atoms with E-state index >= 15 is 0 Å². The first-order valence-corrected chi connectivity index (χ1v) is 12.9. The highest BCUT2D eigenvalue weighted by Crippen LogP contribution is 2.36. The lowest BCUT2D eigenvalue weighted by Crippen LogP contribution is -2.43. The molecule has 0 spiro atoms. The summed E-state index contributed by atoms with van der Waals surface area (Å²) >= 11 is 0. The van der Waals surface area contributed by atoms with Gasteiger partial charge in [0.25, 0.3) is 15.7 Å². The number of hydrogen-bond donors (Lipinski definition) is 2. The van der Waals surface area contributed by atoms with Crippen molar-refractivity contribution < 1.29 is 36.0 Å². The zero-order valence-corrected chi connectivity index (χ0v) is 21.4. The Balaban J connectivity index is 1.57. The molecule has 2 heterocycles. The molecule has 2 aromatic carbocycles. The Morgan fingerprint density at radius 3 is 2.23 bits per heavy atom. The number of aromatic nitrogens is 1. The van der Waals surface area contributed by atoms with E-state index in [9.17, 15) is 36.0 Å². The van der Waals surface area contributed by atoms with Crippen LogP contribution in [0.25, 0.3) is 0 Å². The SMILES string of the molecule is CC1(C)C(=O)N(c2ccc(S(=O)(=O)C(F)(F)F)cc2)C(=O)N1Cc1ccncc1NC(=O)Nc1ccccc1. The molecule has 0 unspecified atom stereocenters. The number of nitrogens with one attached hydrogen (secondary N) is 2. The van der Waals surface area contributed by atoms with Crippen molar-refractivity contribution in [3.8, 4) is 0 Å². The molecule has 14 heteroatoms. The molecule has 3 aromatic rings. The molecule has 1 aliphatic rings. The molecule has 0 radical (unpaired) electrons. The number of rotatable bonds is 6. The summed E-state index contributed by atoms with van der Waals surface area (Å²) < 4.78 is 62.0. The highest BCUT2D eigenvalue weighted by atomic mass is 32.2. The van der Waals surface area contributed by atoms with E-state index in [1.54, 1.807) is 36.4 Å². The number of sulfone groups is 1. The van der Waals surface area contributed by atoms with Crippen molar-refractivity contribution in [2.75, 3.05) is 15.5 Å². The summed E-state index contributed by atoms with van der Waals surface area (Å²) in [7, 11) is -5.60. The Kier molecular flexibility index (Phi) is 7.08. The topological polar surface area (TPSA) is 129 Å². The molecule has 0 aliphatic carbocycles. The number of halogens is 3. The first kappa shape index (κ1) is 27.6. The number of urea groups is 2. The highest BCUT2D eigenvalue weighted by Gasteiger charge is 2.52. The number of hydrogen-bond acceptors (Lipinski definition) is 6. The largest absolute Gasteiger partial charge is 0.501 e. The first-order valence-electron chi connectivity index (χ1n) is 11.4. The van der Waals surface area contributed by atoms with E-state index in [2.05, 4.69) is 15.6 Å². The van der Waals surface area contributed by atoms with Gasteiger partial charge in [-0.05, 0) is 61.9 Å². The maximum atomic E-state index is 13.4. The van der Waals surface area contributed by atoms with Crippen molar-refractivity contribution in [3.63, 3.8) is 0 Å². The van der Waals surface area contributed by atoms with E-state index in [4.69, 9.17) is 0 Å². The van der Waals surface area contributed by atoms with Crippen LogP contribution in [0.5, 0.6) is 0 Å². The summed E-state index contributed by atoms with van der Waals surface area (Å²) in [5, 5.41) is 5.33. The van der Waals surface area contributed by atoms with Gasteiger partial charge < -0.3 is 15.5 Å². The minimum atomic E-state index is -5.60. The molecule has 4 rings (SSSR count). The standard InChI is InChI=1S/C25H22F3N5O5S/c1-24(2)21(34)33(18-8-10-19(11-9-18)39(37,38)25(26,27)28)23(36)32(24)15-16-12-13-29-14-20(16)31-22(35)30-17-6-4-3-5-7-17/h3-14H,15H2,1-2H3,(H2,30,31,35). The molecule has 1 fully saturated rings. The number of nitrogens with zero attached hydrogens (tertiary/aromatic N) is 3. The summed E-state index contributed by atoms with van der Waals surface area (Å²) in [4.78, 5) is 44.1. The Morgan fingerprint density at radius 2 is 1.62 bits per heavy atom. The van der Waals surface area contributed by atoms with Crippen molar-refractivity contribution in [2.24, 2.45) is 0 Å². The summed E-state index contributed by atoms with van der Waals surface area (Å²) in [6.45, 7) is 2.86. The Morgan fingerprint density at radius 1 is 0.974 bits per heavy atom. The van der Waals surface area contributed by atoms with Gasteiger partial charge in [0.05, 0.1) is 29.0 Å². The van der Waals surface area contributed by atoms with Gasteiger partial charge in [0.15, 0.2) is 0 Å². The van der Waals surface area contributed by atoms with E-state index < -0.39 is 43.7 Å². The maximum absolute atomic E-state index is 13.4. The van der Waals surface area contributed by atoms with Crippen molar-refractivity contribution >= 4 is 44.9 Å². The maximum Gasteiger partial charge on any atom is 0.501 e. The van der Waals surface area contributed by atoms with Gasteiger partial charge in [0.2, 0.25) is 0 Å². The lowest BCUT2D eigenvalue weighted by Gasteiger charge is -2.28. The van der Waals surface area contributed by atoms with E-state index in [1.807, 2.05) is 0 Å². The average molecular weight is 562 g/mol. The van der Waals surface area contributed by atoms with Crippen LogP contribution in [-0.4, -0.2) is 47.3 Å². The highest BCUT2D eigenvalue weighted by molar-refractivity contribution is 7.92. The molecule has 5 amide bonds. The molecule has 1 aliphatic heterocycles. The summed E-state index contributed by atoms with van der Waals surface area (Å²) in [5.41, 5.74) is -5.71. The molecule has 204 valence electrons. The second-order valence-electron chi connectivity index (χ2n) is 8.99. The van der Waals surface area contributed by atoms with Crippen LogP contribution in [0.4, 0.5) is 39.8 Å². The van der Waals surface area contributed by atoms with Gasteiger partial charge in [-0.1, -0.05) is 18.2 Å². The monoisotopic (exact) mass is 561 g/mol. The molecule has 0 saturated carbocycles. The van der Waals surface area contributed by atoms with E-state index in [0.29, 0.717) is 23.4 Å². The zero-order chi connectivity index (χ0) is 28.6. The third kappa shape index (κ3) is 5.27. The summed E-state index contributed by atoms with van der Waals surface area (Å²) in [6.07, 6.45) is 2.83. The van der Waals surface area contributed by atoms with Gasteiger partial charge >= 0.3 is 17.6 Å². The van der Waals surface area contributed by atoms with Crippen LogP contribution in [0, 0.1) is 0 Å². The van der Waals surface area contributed by atoms with Gasteiger partial charge in [-0.2, -0.15) is 13.2 Å². The number of para-hydroxylation sites is 1. The van der Waals surface area contributed by atoms with Crippen molar-refractivity contribution in [2.45, 2.75) is 36.3 Å². The molecular weight excluding hydrogens is 539 g/mol. The zero-order valence-electron chi connectivity index (χ0n) is 20.6. The molecule has 39 heavy (non-hydrogen) atoms. The number of amides is 5. The van der Waals surface area contributed by atoms with Gasteiger partial charge in [-0.25, -0.2) is 22.9 Å². The normalized spacial score (nSPS) is 15.4. The first-order chi connectivity index (χ1) is 18.2. The number of pyridine rings is 1. The van der Waals surface area contributed by atoms with Crippen molar-refractivity contribution in [1.82, 2.24) is 9.88 Å². The second-order valence-corrected chi connectivity index (χ2v) is 10.9.